The van der Waals surface area contributed by atoms with Gasteiger partial charge in [-0.3, -0.25) is 10.3 Å². The van der Waals surface area contributed by atoms with Gasteiger partial charge < -0.3 is 28.6 Å². The summed E-state index contributed by atoms with van der Waals surface area (Å²) in [5.41, 5.74) is 2.81. The first kappa shape index (κ1) is 23.2. The average Bonchev–Trinajstić information content (AvgIpc) is 2.89. The van der Waals surface area contributed by atoms with Crippen LogP contribution in [0.5, 0.6) is 28.9 Å². The number of nitrogens with one attached hydrogen (secondary N) is 1. The number of fused-ring (bicyclic) bond motifs is 2. The van der Waals surface area contributed by atoms with Crippen molar-refractivity contribution < 1.29 is 24.1 Å². The van der Waals surface area contributed by atoms with E-state index in [-0.39, 0.29) is 11.7 Å². The summed E-state index contributed by atoms with van der Waals surface area (Å²) in [7, 11) is 3.20. The van der Waals surface area contributed by atoms with Crippen LogP contribution in [0.25, 0.3) is 0 Å². The van der Waals surface area contributed by atoms with Gasteiger partial charge in [0.15, 0.2) is 11.5 Å². The molecule has 0 spiro atoms. The first-order chi connectivity index (χ1) is 17.1. The number of morpholine rings is 1. The first-order valence-electron chi connectivity index (χ1n) is 11.8. The van der Waals surface area contributed by atoms with E-state index in [1.54, 1.807) is 32.7 Å². The molecule has 2 aliphatic rings. The van der Waals surface area contributed by atoms with E-state index >= 15 is 0 Å². The fourth-order valence-electron chi connectivity index (χ4n) is 4.79. The number of aryl methyl sites for hydroxylation is 1. The SMILES string of the molecule is COc1ccc([C@@H]2c3ccc(O)cc3Oc3ncn(CCCN4CCOCC4)c(=N)c32)cc1OC. The second kappa shape index (κ2) is 9.97. The van der Waals surface area contributed by atoms with Crippen molar-refractivity contribution in [3.63, 3.8) is 0 Å². The molecule has 0 saturated carbocycles. The Balaban J connectivity index is 1.53. The van der Waals surface area contributed by atoms with E-state index in [0.717, 1.165) is 50.4 Å². The van der Waals surface area contributed by atoms with Crippen LogP contribution in [0.4, 0.5) is 0 Å². The molecule has 1 atom stereocenters. The number of benzene rings is 2. The highest BCUT2D eigenvalue weighted by Gasteiger charge is 2.33. The molecule has 0 aliphatic carbocycles. The molecular weight excluding hydrogens is 448 g/mol. The first-order valence-corrected chi connectivity index (χ1v) is 11.8. The van der Waals surface area contributed by atoms with Crippen molar-refractivity contribution in [3.8, 4) is 28.9 Å². The van der Waals surface area contributed by atoms with Gasteiger partial charge in [-0.2, -0.15) is 0 Å². The highest BCUT2D eigenvalue weighted by Crippen LogP contribution is 2.47. The molecule has 35 heavy (non-hydrogen) atoms. The fourth-order valence-corrected chi connectivity index (χ4v) is 4.79. The monoisotopic (exact) mass is 478 g/mol. The van der Waals surface area contributed by atoms with Gasteiger partial charge in [0.05, 0.1) is 33.0 Å². The van der Waals surface area contributed by atoms with Crippen molar-refractivity contribution in [1.82, 2.24) is 14.5 Å². The number of rotatable bonds is 7. The lowest BCUT2D eigenvalue weighted by Crippen LogP contribution is -2.37. The third-order valence-corrected chi connectivity index (χ3v) is 6.61. The third-order valence-electron chi connectivity index (χ3n) is 6.61. The van der Waals surface area contributed by atoms with Crippen LogP contribution in [0, 0.1) is 5.41 Å². The van der Waals surface area contributed by atoms with Crippen molar-refractivity contribution in [1.29, 1.82) is 5.41 Å². The summed E-state index contributed by atoms with van der Waals surface area (Å²) in [6, 6.07) is 10.8. The van der Waals surface area contributed by atoms with Gasteiger partial charge in [0, 0.05) is 43.7 Å². The zero-order valence-corrected chi connectivity index (χ0v) is 20.0. The van der Waals surface area contributed by atoms with Crippen LogP contribution in [0.2, 0.25) is 0 Å². The van der Waals surface area contributed by atoms with Crippen molar-refractivity contribution in [2.24, 2.45) is 0 Å². The Hall–Kier alpha value is -3.56. The summed E-state index contributed by atoms with van der Waals surface area (Å²) in [4.78, 5) is 6.96. The number of phenolic OH excluding ortho intramolecular Hbond substituents is 1. The van der Waals surface area contributed by atoms with Gasteiger partial charge in [0.2, 0.25) is 5.88 Å². The summed E-state index contributed by atoms with van der Waals surface area (Å²) in [5.74, 6) is 1.92. The molecule has 2 aliphatic heterocycles. The number of hydrogen-bond donors (Lipinski definition) is 2. The van der Waals surface area contributed by atoms with E-state index in [1.807, 2.05) is 28.8 Å². The highest BCUT2D eigenvalue weighted by molar-refractivity contribution is 5.58. The van der Waals surface area contributed by atoms with Gasteiger partial charge in [0.1, 0.15) is 23.3 Å². The Bertz CT molecular complexity index is 1270. The largest absolute Gasteiger partial charge is 0.508 e. The minimum atomic E-state index is -0.319. The Morgan fingerprint density at radius 3 is 2.63 bits per heavy atom. The normalized spacial score (nSPS) is 17.3. The second-order valence-electron chi connectivity index (χ2n) is 8.68. The number of ether oxygens (including phenoxy) is 4. The van der Waals surface area contributed by atoms with Gasteiger partial charge in [-0.15, -0.1) is 0 Å². The lowest BCUT2D eigenvalue weighted by molar-refractivity contribution is 0.0369. The minimum absolute atomic E-state index is 0.110. The van der Waals surface area contributed by atoms with E-state index in [9.17, 15) is 5.11 Å². The van der Waals surface area contributed by atoms with Gasteiger partial charge in [-0.05, 0) is 30.2 Å². The number of aromatic hydroxyl groups is 1. The molecule has 2 aromatic carbocycles. The quantitative estimate of drug-likeness (QED) is 0.421. The Morgan fingerprint density at radius 1 is 1.06 bits per heavy atom. The van der Waals surface area contributed by atoms with Crippen LogP contribution in [-0.2, 0) is 11.3 Å². The topological polar surface area (TPSA) is 102 Å². The molecule has 1 saturated heterocycles. The lowest BCUT2D eigenvalue weighted by atomic mass is 9.83. The number of phenols is 1. The third kappa shape index (κ3) is 4.56. The van der Waals surface area contributed by atoms with Crippen molar-refractivity contribution in [3.05, 3.63) is 64.9 Å². The minimum Gasteiger partial charge on any atom is -0.508 e. The number of nitrogens with zero attached hydrogens (tertiary/aromatic N) is 3. The van der Waals surface area contributed by atoms with Crippen LogP contribution in [0.3, 0.4) is 0 Å². The summed E-state index contributed by atoms with van der Waals surface area (Å²) in [6.45, 7) is 5.06. The number of hydrogen-bond acceptors (Lipinski definition) is 8. The molecule has 2 N–H and O–H groups in total. The summed E-state index contributed by atoms with van der Waals surface area (Å²) in [5, 5.41) is 19.1. The number of aromatic nitrogens is 2. The molecule has 9 nitrogen and oxygen atoms in total. The standard InChI is InChI=1S/C26H30N4O5/c1-32-20-7-4-17(14-22(20)33-2)23-19-6-5-18(31)15-21(19)35-26-24(23)25(27)30(16-28-26)9-3-8-29-10-12-34-13-11-29/h4-7,14-16,23,27,31H,3,8-13H2,1-2H3/t23-/m1/s1. The Morgan fingerprint density at radius 2 is 1.86 bits per heavy atom. The smallest absolute Gasteiger partial charge is 0.228 e. The Labute approximate surface area is 204 Å². The predicted octanol–water partition coefficient (Wildman–Crippen LogP) is 3.09. The maximum Gasteiger partial charge on any atom is 0.228 e. The molecule has 0 bridgehead atoms. The van der Waals surface area contributed by atoms with Gasteiger partial charge >= 0.3 is 0 Å². The molecule has 0 amide bonds. The zero-order valence-electron chi connectivity index (χ0n) is 20.0. The van der Waals surface area contributed by atoms with Crippen LogP contribution in [-0.4, -0.2) is 66.6 Å². The van der Waals surface area contributed by atoms with Gasteiger partial charge in [-0.25, -0.2) is 4.98 Å². The predicted molar refractivity (Wildman–Crippen MR) is 129 cm³/mol. The molecular formula is C26H30N4O5. The van der Waals surface area contributed by atoms with Crippen LogP contribution < -0.4 is 19.7 Å². The number of methoxy groups -OCH3 is 2. The molecule has 9 heteroatoms. The maximum absolute atomic E-state index is 10.1. The lowest BCUT2D eigenvalue weighted by Gasteiger charge is -2.29. The average molecular weight is 479 g/mol. The van der Waals surface area contributed by atoms with E-state index in [0.29, 0.717) is 40.7 Å². The summed E-state index contributed by atoms with van der Waals surface area (Å²) >= 11 is 0. The second-order valence-corrected chi connectivity index (χ2v) is 8.68. The van der Waals surface area contributed by atoms with Crippen LogP contribution >= 0.6 is 0 Å². The van der Waals surface area contributed by atoms with E-state index in [1.165, 1.54) is 0 Å². The molecule has 3 aromatic rings. The summed E-state index contributed by atoms with van der Waals surface area (Å²) < 4.78 is 24.3. The molecule has 1 fully saturated rings. The molecule has 5 rings (SSSR count). The van der Waals surface area contributed by atoms with Gasteiger partial charge in [-0.1, -0.05) is 12.1 Å². The maximum atomic E-state index is 10.1. The van der Waals surface area contributed by atoms with E-state index < -0.39 is 0 Å². The molecule has 3 heterocycles. The van der Waals surface area contributed by atoms with Crippen molar-refractivity contribution in [2.75, 3.05) is 47.1 Å². The van der Waals surface area contributed by atoms with Crippen molar-refractivity contribution in [2.45, 2.75) is 18.9 Å². The van der Waals surface area contributed by atoms with Crippen LogP contribution in [0.1, 0.15) is 29.0 Å². The zero-order chi connectivity index (χ0) is 24.4. The van der Waals surface area contributed by atoms with E-state index in [4.69, 9.17) is 24.4 Å². The van der Waals surface area contributed by atoms with Crippen LogP contribution in [0.15, 0.2) is 42.7 Å². The van der Waals surface area contributed by atoms with Gasteiger partial charge in [0.25, 0.3) is 0 Å². The van der Waals surface area contributed by atoms with E-state index in [2.05, 4.69) is 9.88 Å². The molecule has 0 unspecified atom stereocenters. The highest BCUT2D eigenvalue weighted by atomic mass is 16.5. The molecule has 0 radical (unpaired) electrons. The fraction of sp³-hybridized carbons (Fsp3) is 0.385. The van der Waals surface area contributed by atoms with Crippen molar-refractivity contribution >= 4 is 0 Å². The molecule has 184 valence electrons. The molecule has 1 aromatic heterocycles. The Kier molecular flexibility index (Phi) is 6.61. The summed E-state index contributed by atoms with van der Waals surface area (Å²) in [6.07, 6.45) is 2.57.